The summed E-state index contributed by atoms with van der Waals surface area (Å²) in [6, 6.07) is 0.830. The van der Waals surface area contributed by atoms with E-state index in [1.807, 2.05) is 0 Å². The Bertz CT molecular complexity index is 549. The number of nitrogens with one attached hydrogen (secondary N) is 2. The average Bonchev–Trinajstić information content (AvgIpc) is 2.97. The van der Waals surface area contributed by atoms with Gasteiger partial charge in [0.2, 0.25) is 5.91 Å². The zero-order valence-corrected chi connectivity index (χ0v) is 10.8. The van der Waals surface area contributed by atoms with Crippen molar-refractivity contribution in [3.05, 3.63) is 29.6 Å². The molecule has 1 saturated heterocycles. The van der Waals surface area contributed by atoms with Crippen molar-refractivity contribution in [1.82, 2.24) is 5.32 Å². The molecule has 1 aliphatic carbocycles. The van der Waals surface area contributed by atoms with Crippen molar-refractivity contribution in [2.45, 2.75) is 25.3 Å². The molecule has 1 amide bonds. The molecule has 0 aromatic heterocycles. The van der Waals surface area contributed by atoms with Gasteiger partial charge in [0.1, 0.15) is 5.82 Å². The van der Waals surface area contributed by atoms with Gasteiger partial charge in [0.15, 0.2) is 11.6 Å². The lowest BCUT2D eigenvalue weighted by Gasteiger charge is -2.18. The molecule has 1 heterocycles. The summed E-state index contributed by atoms with van der Waals surface area (Å²) >= 11 is 0. The Hall–Kier alpha value is -1.56. The molecular weight excluding hydrogens is 269 g/mol. The number of benzene rings is 1. The van der Waals surface area contributed by atoms with Crippen LogP contribution in [0.3, 0.4) is 0 Å². The first-order valence-corrected chi connectivity index (χ1v) is 6.75. The summed E-state index contributed by atoms with van der Waals surface area (Å²) in [6.45, 7) is 0.767. The lowest BCUT2D eigenvalue weighted by molar-refractivity contribution is -0.118. The molecule has 1 aliphatic heterocycles. The van der Waals surface area contributed by atoms with E-state index >= 15 is 0 Å². The highest BCUT2D eigenvalue weighted by atomic mass is 19.2. The highest BCUT2D eigenvalue weighted by molar-refractivity contribution is 5.95. The van der Waals surface area contributed by atoms with Crippen LogP contribution < -0.4 is 10.6 Å². The minimum Gasteiger partial charge on any atom is -0.322 e. The van der Waals surface area contributed by atoms with E-state index in [0.29, 0.717) is 12.0 Å². The maximum absolute atomic E-state index is 13.5. The van der Waals surface area contributed by atoms with E-state index < -0.39 is 35.1 Å². The van der Waals surface area contributed by atoms with Gasteiger partial charge >= 0.3 is 0 Å². The Morgan fingerprint density at radius 2 is 2.05 bits per heavy atom. The summed E-state index contributed by atoms with van der Waals surface area (Å²) in [5.74, 6) is -3.18. The number of rotatable bonds is 2. The summed E-state index contributed by atoms with van der Waals surface area (Å²) in [5, 5.41) is 5.40. The summed E-state index contributed by atoms with van der Waals surface area (Å²) in [4.78, 5) is 12.1. The third-order valence-corrected chi connectivity index (χ3v) is 4.28. The Morgan fingerprint density at radius 3 is 2.85 bits per heavy atom. The quantitative estimate of drug-likeness (QED) is 0.819. The van der Waals surface area contributed by atoms with Gasteiger partial charge in [-0.15, -0.1) is 0 Å². The van der Waals surface area contributed by atoms with Crippen LogP contribution >= 0.6 is 0 Å². The molecule has 1 aromatic carbocycles. The number of amides is 1. The summed E-state index contributed by atoms with van der Waals surface area (Å²) < 4.78 is 39.7. The second-order valence-electron chi connectivity index (χ2n) is 5.48. The zero-order valence-electron chi connectivity index (χ0n) is 10.8. The fraction of sp³-hybridized carbons (Fsp3) is 0.500. The number of halogens is 3. The Balaban J connectivity index is 1.76. The monoisotopic (exact) mass is 284 g/mol. The van der Waals surface area contributed by atoms with Gasteiger partial charge in [-0.05, 0) is 31.2 Å². The molecule has 3 unspecified atom stereocenters. The van der Waals surface area contributed by atoms with E-state index in [0.717, 1.165) is 31.9 Å². The van der Waals surface area contributed by atoms with Gasteiger partial charge in [-0.1, -0.05) is 6.42 Å². The largest absolute Gasteiger partial charge is 0.322 e. The Kier molecular flexibility index (Phi) is 3.41. The molecule has 2 aliphatic rings. The molecule has 1 aromatic rings. The highest BCUT2D eigenvalue weighted by Gasteiger charge is 2.42. The third-order valence-electron chi connectivity index (χ3n) is 4.28. The molecule has 1 saturated carbocycles. The van der Waals surface area contributed by atoms with Gasteiger partial charge in [-0.25, -0.2) is 13.2 Å². The van der Waals surface area contributed by atoms with Crippen LogP contribution in [0.4, 0.5) is 18.9 Å². The Morgan fingerprint density at radius 1 is 1.25 bits per heavy atom. The molecule has 0 bridgehead atoms. The van der Waals surface area contributed by atoms with Gasteiger partial charge in [0.25, 0.3) is 0 Å². The maximum Gasteiger partial charge on any atom is 0.241 e. The fourth-order valence-corrected chi connectivity index (χ4v) is 3.33. The first kappa shape index (κ1) is 13.4. The van der Waals surface area contributed by atoms with E-state index in [-0.39, 0.29) is 5.92 Å². The fourth-order valence-electron chi connectivity index (χ4n) is 3.33. The van der Waals surface area contributed by atoms with Crippen LogP contribution in [0.25, 0.3) is 0 Å². The SMILES string of the molecule is O=C(Nc1cc(F)cc(F)c1F)C1NCC2CCCC21. The molecular formula is C14H15F3N2O. The summed E-state index contributed by atoms with van der Waals surface area (Å²) in [7, 11) is 0. The van der Waals surface area contributed by atoms with Crippen molar-refractivity contribution in [3.63, 3.8) is 0 Å². The minimum atomic E-state index is -1.31. The molecule has 0 spiro atoms. The smallest absolute Gasteiger partial charge is 0.241 e. The number of carbonyl (C=O) groups excluding carboxylic acids is 1. The van der Waals surface area contributed by atoms with Crippen LogP contribution in [0.1, 0.15) is 19.3 Å². The van der Waals surface area contributed by atoms with E-state index in [2.05, 4.69) is 10.6 Å². The highest BCUT2D eigenvalue weighted by Crippen LogP contribution is 2.38. The zero-order chi connectivity index (χ0) is 14.3. The number of hydrogen-bond donors (Lipinski definition) is 2. The molecule has 20 heavy (non-hydrogen) atoms. The van der Waals surface area contributed by atoms with E-state index in [1.165, 1.54) is 0 Å². The van der Waals surface area contributed by atoms with Crippen LogP contribution in [0, 0.1) is 29.3 Å². The van der Waals surface area contributed by atoms with Crippen LogP contribution in [-0.4, -0.2) is 18.5 Å². The van der Waals surface area contributed by atoms with Crippen LogP contribution in [0.15, 0.2) is 12.1 Å². The van der Waals surface area contributed by atoms with Crippen molar-refractivity contribution in [2.24, 2.45) is 11.8 Å². The van der Waals surface area contributed by atoms with E-state index in [9.17, 15) is 18.0 Å². The number of anilines is 1. The molecule has 2 fully saturated rings. The maximum atomic E-state index is 13.5. The molecule has 3 atom stereocenters. The van der Waals surface area contributed by atoms with Gasteiger partial charge < -0.3 is 10.6 Å². The normalized spacial score (nSPS) is 28.4. The van der Waals surface area contributed by atoms with Gasteiger partial charge in [-0.3, -0.25) is 4.79 Å². The Labute approximate surface area is 114 Å². The summed E-state index contributed by atoms with van der Waals surface area (Å²) in [6.07, 6.45) is 3.13. The van der Waals surface area contributed by atoms with Crippen molar-refractivity contribution < 1.29 is 18.0 Å². The average molecular weight is 284 g/mol. The molecule has 3 rings (SSSR count). The lowest BCUT2D eigenvalue weighted by atomic mass is 9.93. The molecule has 2 N–H and O–H groups in total. The van der Waals surface area contributed by atoms with Crippen molar-refractivity contribution in [3.8, 4) is 0 Å². The third kappa shape index (κ3) is 2.28. The first-order valence-electron chi connectivity index (χ1n) is 6.75. The molecule has 108 valence electrons. The van der Waals surface area contributed by atoms with Crippen molar-refractivity contribution in [2.75, 3.05) is 11.9 Å². The second-order valence-corrected chi connectivity index (χ2v) is 5.48. The van der Waals surface area contributed by atoms with Gasteiger partial charge in [0.05, 0.1) is 11.7 Å². The first-order chi connectivity index (χ1) is 9.56. The number of carbonyl (C=O) groups is 1. The van der Waals surface area contributed by atoms with Crippen LogP contribution in [0.2, 0.25) is 0 Å². The summed E-state index contributed by atoms with van der Waals surface area (Å²) in [5.41, 5.74) is -0.448. The molecule has 3 nitrogen and oxygen atoms in total. The van der Waals surface area contributed by atoms with Gasteiger partial charge in [0, 0.05) is 12.1 Å². The molecule has 6 heteroatoms. The molecule has 0 radical (unpaired) electrons. The predicted octanol–water partition coefficient (Wildman–Crippen LogP) is 2.43. The number of fused-ring (bicyclic) bond motifs is 1. The van der Waals surface area contributed by atoms with Crippen LogP contribution in [0.5, 0.6) is 0 Å². The van der Waals surface area contributed by atoms with Gasteiger partial charge in [-0.2, -0.15) is 0 Å². The van der Waals surface area contributed by atoms with Crippen molar-refractivity contribution in [1.29, 1.82) is 0 Å². The topological polar surface area (TPSA) is 41.1 Å². The lowest BCUT2D eigenvalue weighted by Crippen LogP contribution is -2.40. The van der Waals surface area contributed by atoms with Crippen LogP contribution in [-0.2, 0) is 4.79 Å². The minimum absolute atomic E-state index is 0.233. The van der Waals surface area contributed by atoms with E-state index in [1.54, 1.807) is 0 Å². The van der Waals surface area contributed by atoms with E-state index in [4.69, 9.17) is 0 Å². The predicted molar refractivity (Wildman–Crippen MR) is 67.6 cm³/mol. The number of hydrogen-bond acceptors (Lipinski definition) is 2. The standard InChI is InChI=1S/C14H15F3N2O/c15-8-4-10(16)12(17)11(5-8)19-14(20)13-9-3-1-2-7(9)6-18-13/h4-5,7,9,13,18H,1-3,6H2,(H,19,20). The van der Waals surface area contributed by atoms with Crippen molar-refractivity contribution >= 4 is 11.6 Å². The second kappa shape index (κ2) is 5.09.